The van der Waals surface area contributed by atoms with E-state index in [1.54, 1.807) is 18.3 Å². The number of aryl methyl sites for hydroxylation is 1. The second-order valence-electron chi connectivity index (χ2n) is 5.05. The van der Waals surface area contributed by atoms with Crippen molar-refractivity contribution >= 4 is 5.69 Å². The molecule has 1 aliphatic rings. The number of nitro benzene ring substituents is 1. The molecule has 20 heavy (non-hydrogen) atoms. The van der Waals surface area contributed by atoms with Crippen molar-refractivity contribution in [2.75, 3.05) is 0 Å². The van der Waals surface area contributed by atoms with Crippen LogP contribution in [0.5, 0.6) is 0 Å². The summed E-state index contributed by atoms with van der Waals surface area (Å²) in [5, 5.41) is 21.2. The van der Waals surface area contributed by atoms with Crippen LogP contribution in [0.25, 0.3) is 0 Å². The van der Waals surface area contributed by atoms with Crippen LogP contribution in [0.15, 0.2) is 30.5 Å². The average molecular weight is 272 g/mol. The van der Waals surface area contributed by atoms with Crippen LogP contribution in [0.3, 0.4) is 0 Å². The summed E-state index contributed by atoms with van der Waals surface area (Å²) in [7, 11) is 0. The van der Waals surface area contributed by atoms with Gasteiger partial charge in [0, 0.05) is 36.6 Å². The SMILES string of the molecule is O=[N+]([O-])c1ccc2c(c1)[C@@H](NCc1ccn[nH]1)CCC2. The van der Waals surface area contributed by atoms with Gasteiger partial charge in [-0.05, 0) is 36.5 Å². The van der Waals surface area contributed by atoms with E-state index >= 15 is 0 Å². The Balaban J connectivity index is 1.80. The van der Waals surface area contributed by atoms with Gasteiger partial charge >= 0.3 is 0 Å². The fourth-order valence-electron chi connectivity index (χ4n) is 2.73. The molecule has 1 aromatic carbocycles. The van der Waals surface area contributed by atoms with Crippen molar-refractivity contribution in [1.29, 1.82) is 0 Å². The van der Waals surface area contributed by atoms with Crippen molar-refractivity contribution in [3.63, 3.8) is 0 Å². The lowest BCUT2D eigenvalue weighted by atomic mass is 9.87. The van der Waals surface area contributed by atoms with E-state index in [1.165, 1.54) is 5.56 Å². The van der Waals surface area contributed by atoms with Gasteiger partial charge < -0.3 is 5.32 Å². The number of rotatable bonds is 4. The van der Waals surface area contributed by atoms with E-state index in [-0.39, 0.29) is 16.7 Å². The minimum absolute atomic E-state index is 0.166. The van der Waals surface area contributed by atoms with E-state index < -0.39 is 0 Å². The highest BCUT2D eigenvalue weighted by Gasteiger charge is 2.22. The van der Waals surface area contributed by atoms with Crippen LogP contribution in [0.4, 0.5) is 5.69 Å². The van der Waals surface area contributed by atoms with Crippen LogP contribution in [-0.4, -0.2) is 15.1 Å². The molecule has 1 heterocycles. The Morgan fingerprint density at radius 3 is 3.10 bits per heavy atom. The molecule has 0 fully saturated rings. The predicted octanol–water partition coefficient (Wildman–Crippen LogP) is 2.49. The molecule has 1 atom stereocenters. The molecule has 0 aliphatic heterocycles. The highest BCUT2D eigenvalue weighted by atomic mass is 16.6. The van der Waals surface area contributed by atoms with Gasteiger partial charge in [-0.3, -0.25) is 15.2 Å². The second kappa shape index (κ2) is 5.42. The molecule has 0 amide bonds. The maximum atomic E-state index is 10.9. The average Bonchev–Trinajstić information content (AvgIpc) is 2.97. The lowest BCUT2D eigenvalue weighted by Crippen LogP contribution is -2.25. The molecule has 6 nitrogen and oxygen atoms in total. The summed E-state index contributed by atoms with van der Waals surface area (Å²) in [5.74, 6) is 0. The Kier molecular flexibility index (Phi) is 3.47. The molecule has 0 bridgehead atoms. The van der Waals surface area contributed by atoms with Gasteiger partial charge in [0.2, 0.25) is 0 Å². The molecule has 104 valence electrons. The zero-order valence-electron chi connectivity index (χ0n) is 11.0. The van der Waals surface area contributed by atoms with Crippen LogP contribution in [0.1, 0.15) is 35.7 Å². The summed E-state index contributed by atoms with van der Waals surface area (Å²) < 4.78 is 0. The normalized spacial score (nSPS) is 17.7. The van der Waals surface area contributed by atoms with Crippen molar-refractivity contribution in [3.8, 4) is 0 Å². The van der Waals surface area contributed by atoms with Crippen molar-refractivity contribution in [2.45, 2.75) is 31.8 Å². The molecule has 1 aromatic heterocycles. The summed E-state index contributed by atoms with van der Waals surface area (Å²) in [6.07, 6.45) is 4.82. The number of hydrogen-bond donors (Lipinski definition) is 2. The highest BCUT2D eigenvalue weighted by Crippen LogP contribution is 2.32. The largest absolute Gasteiger partial charge is 0.304 e. The third kappa shape index (κ3) is 2.55. The predicted molar refractivity (Wildman–Crippen MR) is 74.2 cm³/mol. The number of aromatic amines is 1. The van der Waals surface area contributed by atoms with Gasteiger partial charge in [0.15, 0.2) is 0 Å². The molecule has 0 radical (unpaired) electrons. The summed E-state index contributed by atoms with van der Waals surface area (Å²) in [6, 6.07) is 7.28. The summed E-state index contributed by atoms with van der Waals surface area (Å²) in [4.78, 5) is 10.6. The van der Waals surface area contributed by atoms with Gasteiger partial charge in [-0.25, -0.2) is 0 Å². The summed E-state index contributed by atoms with van der Waals surface area (Å²) in [6.45, 7) is 0.687. The molecule has 0 saturated heterocycles. The van der Waals surface area contributed by atoms with E-state index in [1.807, 2.05) is 12.1 Å². The van der Waals surface area contributed by atoms with Gasteiger partial charge in [-0.1, -0.05) is 6.07 Å². The van der Waals surface area contributed by atoms with Crippen LogP contribution >= 0.6 is 0 Å². The van der Waals surface area contributed by atoms with E-state index in [0.717, 1.165) is 30.5 Å². The first-order chi connectivity index (χ1) is 9.74. The number of nitrogens with zero attached hydrogens (tertiary/aromatic N) is 2. The molecule has 0 unspecified atom stereocenters. The number of non-ortho nitro benzene ring substituents is 1. The van der Waals surface area contributed by atoms with Crippen molar-refractivity contribution < 1.29 is 4.92 Å². The van der Waals surface area contributed by atoms with E-state index in [0.29, 0.717) is 6.54 Å². The molecule has 1 aliphatic carbocycles. The van der Waals surface area contributed by atoms with Gasteiger partial charge in [0.25, 0.3) is 5.69 Å². The Morgan fingerprint density at radius 1 is 1.45 bits per heavy atom. The number of nitrogens with one attached hydrogen (secondary N) is 2. The lowest BCUT2D eigenvalue weighted by Gasteiger charge is -2.26. The molecular formula is C14H16N4O2. The molecule has 3 rings (SSSR count). The van der Waals surface area contributed by atoms with Crippen LogP contribution in [-0.2, 0) is 13.0 Å². The molecule has 6 heteroatoms. The zero-order valence-corrected chi connectivity index (χ0v) is 11.0. The van der Waals surface area contributed by atoms with Crippen LogP contribution in [0.2, 0.25) is 0 Å². The Hall–Kier alpha value is -2.21. The Bertz CT molecular complexity index is 610. The van der Waals surface area contributed by atoms with Crippen molar-refractivity contribution in [3.05, 3.63) is 57.4 Å². The van der Waals surface area contributed by atoms with Crippen molar-refractivity contribution in [1.82, 2.24) is 15.5 Å². The molecule has 0 spiro atoms. The summed E-state index contributed by atoms with van der Waals surface area (Å²) >= 11 is 0. The lowest BCUT2D eigenvalue weighted by molar-refractivity contribution is -0.385. The number of fused-ring (bicyclic) bond motifs is 1. The third-order valence-corrected chi connectivity index (χ3v) is 3.75. The quantitative estimate of drug-likeness (QED) is 0.661. The highest BCUT2D eigenvalue weighted by molar-refractivity contribution is 5.42. The zero-order chi connectivity index (χ0) is 13.9. The van der Waals surface area contributed by atoms with E-state index in [4.69, 9.17) is 0 Å². The second-order valence-corrected chi connectivity index (χ2v) is 5.05. The fraction of sp³-hybridized carbons (Fsp3) is 0.357. The van der Waals surface area contributed by atoms with Gasteiger partial charge in [0.1, 0.15) is 0 Å². The minimum atomic E-state index is -0.333. The number of hydrogen-bond acceptors (Lipinski definition) is 4. The third-order valence-electron chi connectivity index (χ3n) is 3.75. The smallest absolute Gasteiger partial charge is 0.269 e. The fourth-order valence-corrected chi connectivity index (χ4v) is 2.73. The van der Waals surface area contributed by atoms with Gasteiger partial charge in [-0.2, -0.15) is 5.10 Å². The maximum Gasteiger partial charge on any atom is 0.269 e. The molecule has 0 saturated carbocycles. The number of aromatic nitrogens is 2. The first-order valence-electron chi connectivity index (χ1n) is 6.73. The van der Waals surface area contributed by atoms with Crippen LogP contribution in [0, 0.1) is 10.1 Å². The van der Waals surface area contributed by atoms with Crippen LogP contribution < -0.4 is 5.32 Å². The number of benzene rings is 1. The van der Waals surface area contributed by atoms with Crippen molar-refractivity contribution in [2.24, 2.45) is 0 Å². The number of nitro groups is 1. The first-order valence-corrected chi connectivity index (χ1v) is 6.73. The van der Waals surface area contributed by atoms with Gasteiger partial charge in [0.05, 0.1) is 4.92 Å². The molecular weight excluding hydrogens is 256 g/mol. The maximum absolute atomic E-state index is 10.9. The Morgan fingerprint density at radius 2 is 2.35 bits per heavy atom. The number of H-pyrrole nitrogens is 1. The van der Waals surface area contributed by atoms with E-state index in [9.17, 15) is 10.1 Å². The Labute approximate surface area is 116 Å². The first kappa shape index (κ1) is 12.8. The molecule has 2 aromatic rings. The standard InChI is InChI=1S/C14H16N4O2/c19-18(20)12-5-4-10-2-1-3-14(13(10)8-12)15-9-11-6-7-16-17-11/h4-8,14-15H,1-3,9H2,(H,16,17)/t14-/m0/s1. The minimum Gasteiger partial charge on any atom is -0.304 e. The van der Waals surface area contributed by atoms with E-state index in [2.05, 4.69) is 15.5 Å². The molecule has 2 N–H and O–H groups in total. The van der Waals surface area contributed by atoms with Gasteiger partial charge in [-0.15, -0.1) is 0 Å². The summed E-state index contributed by atoms with van der Waals surface area (Å²) in [5.41, 5.74) is 3.45. The monoisotopic (exact) mass is 272 g/mol. The topological polar surface area (TPSA) is 83.8 Å².